The molecule has 7 nitrogen and oxygen atoms in total. The number of fused-ring (bicyclic) bond motifs is 1. The lowest BCUT2D eigenvalue weighted by Crippen LogP contribution is -2.31. The Morgan fingerprint density at radius 1 is 1.22 bits per heavy atom. The molecule has 0 fully saturated rings. The van der Waals surface area contributed by atoms with Gasteiger partial charge >= 0.3 is 5.97 Å². The van der Waals surface area contributed by atoms with Gasteiger partial charge in [-0.2, -0.15) is 0 Å². The number of hydrogen-bond acceptors (Lipinski definition) is 6. The van der Waals surface area contributed by atoms with Crippen molar-refractivity contribution in [3.8, 4) is 11.6 Å². The molecule has 0 spiro atoms. The fourth-order valence-electron chi connectivity index (χ4n) is 2.56. The minimum Gasteiger partial charge on any atom is -0.478 e. The minimum atomic E-state index is -0.951. The van der Waals surface area contributed by atoms with Gasteiger partial charge in [-0.1, -0.05) is 12.1 Å². The lowest BCUT2D eigenvalue weighted by Gasteiger charge is -2.20. The number of carboxylic acids is 1. The van der Waals surface area contributed by atoms with Gasteiger partial charge in [0.15, 0.2) is 0 Å². The third-order valence-corrected chi connectivity index (χ3v) is 4.41. The molecule has 1 heterocycles. The molecule has 0 aliphatic heterocycles. The number of ether oxygens (including phenoxy) is 1. The summed E-state index contributed by atoms with van der Waals surface area (Å²) in [5, 5.41) is 14.0. The summed E-state index contributed by atoms with van der Waals surface area (Å²) in [6.07, 6.45) is 1.45. The average Bonchev–Trinajstić information content (AvgIpc) is 2.65. The van der Waals surface area contributed by atoms with Crippen LogP contribution in [0.2, 0.25) is 0 Å². The third kappa shape index (κ3) is 4.51. The second-order valence-electron chi connectivity index (χ2n) is 6.53. The Hall–Kier alpha value is -3.19. The fraction of sp³-hybridized carbons (Fsp3) is 0.250. The predicted molar refractivity (Wildman–Crippen MR) is 105 cm³/mol. The molecule has 3 aromatic rings. The van der Waals surface area contributed by atoms with Crippen molar-refractivity contribution in [2.75, 3.05) is 26.0 Å². The van der Waals surface area contributed by atoms with E-state index in [2.05, 4.69) is 27.1 Å². The number of nitrogens with zero attached hydrogens (tertiary/aromatic N) is 3. The number of hydrogen-bond donors (Lipinski definition) is 2. The molecule has 27 heavy (non-hydrogen) atoms. The normalized spacial score (nSPS) is 12.1. The molecule has 7 heteroatoms. The van der Waals surface area contributed by atoms with Gasteiger partial charge < -0.3 is 20.1 Å². The van der Waals surface area contributed by atoms with Crippen molar-refractivity contribution in [2.45, 2.75) is 13.0 Å². The highest BCUT2D eigenvalue weighted by Gasteiger charge is 2.10. The summed E-state index contributed by atoms with van der Waals surface area (Å²) in [6, 6.07) is 12.5. The molecule has 0 saturated carbocycles. The molecule has 1 atom stereocenters. The molecule has 0 aliphatic carbocycles. The van der Waals surface area contributed by atoms with Crippen molar-refractivity contribution in [3.05, 3.63) is 54.4 Å². The zero-order valence-corrected chi connectivity index (χ0v) is 15.5. The summed E-state index contributed by atoms with van der Waals surface area (Å²) in [6.45, 7) is 2.86. The Kier molecular flexibility index (Phi) is 5.52. The topological polar surface area (TPSA) is 87.6 Å². The predicted octanol–water partition coefficient (Wildman–Crippen LogP) is 3.48. The first-order valence-electron chi connectivity index (χ1n) is 8.60. The second kappa shape index (κ2) is 8.01. The summed E-state index contributed by atoms with van der Waals surface area (Å²) in [7, 11) is 4.05. The Morgan fingerprint density at radius 2 is 2.04 bits per heavy atom. The summed E-state index contributed by atoms with van der Waals surface area (Å²) in [5.74, 6) is 0.727. The molecule has 1 aromatic heterocycles. The van der Waals surface area contributed by atoms with Crippen LogP contribution in [0.5, 0.6) is 11.6 Å². The molecule has 140 valence electrons. The van der Waals surface area contributed by atoms with Crippen molar-refractivity contribution in [2.24, 2.45) is 0 Å². The number of likely N-dealkylation sites (N-methyl/N-ethyl adjacent to an activating group) is 1. The Labute approximate surface area is 157 Å². The Bertz CT molecular complexity index is 959. The molecule has 0 aliphatic rings. The first-order valence-corrected chi connectivity index (χ1v) is 8.60. The zero-order chi connectivity index (χ0) is 19.4. The van der Waals surface area contributed by atoms with Crippen molar-refractivity contribution < 1.29 is 14.6 Å². The molecule has 2 aromatic carbocycles. The van der Waals surface area contributed by atoms with Crippen LogP contribution in [0.25, 0.3) is 10.8 Å². The van der Waals surface area contributed by atoms with E-state index in [4.69, 9.17) is 4.74 Å². The monoisotopic (exact) mass is 366 g/mol. The standard InChI is InChI=1S/C20H22N4O3/c1-13(24(2)3)11-21-18-10-19(23-12-22-18)27-15-7-8-16-14(9-15)5-4-6-17(16)20(25)26/h4-10,12-13H,11H2,1-3H3,(H,25,26)(H,21,22,23). The van der Waals surface area contributed by atoms with Crippen LogP contribution in [0.4, 0.5) is 5.82 Å². The highest BCUT2D eigenvalue weighted by atomic mass is 16.5. The van der Waals surface area contributed by atoms with Gasteiger partial charge in [0.25, 0.3) is 0 Å². The Morgan fingerprint density at radius 3 is 2.78 bits per heavy atom. The Balaban J connectivity index is 1.77. The first kappa shape index (κ1) is 18.6. The van der Waals surface area contributed by atoms with Gasteiger partial charge in [-0.3, -0.25) is 0 Å². The number of carboxylic acid groups (broad SMARTS) is 1. The van der Waals surface area contributed by atoms with Gasteiger partial charge in [-0.05, 0) is 56.1 Å². The summed E-state index contributed by atoms with van der Waals surface area (Å²) < 4.78 is 5.83. The van der Waals surface area contributed by atoms with E-state index in [1.54, 1.807) is 36.4 Å². The summed E-state index contributed by atoms with van der Waals surface area (Å²) >= 11 is 0. The van der Waals surface area contributed by atoms with Crippen molar-refractivity contribution in [1.29, 1.82) is 0 Å². The highest BCUT2D eigenvalue weighted by Crippen LogP contribution is 2.27. The van der Waals surface area contributed by atoms with Gasteiger partial charge in [0, 0.05) is 18.7 Å². The molecular formula is C20H22N4O3. The largest absolute Gasteiger partial charge is 0.478 e. The number of anilines is 1. The number of rotatable bonds is 7. The van der Waals surface area contributed by atoms with Crippen LogP contribution in [0.15, 0.2) is 48.8 Å². The van der Waals surface area contributed by atoms with Gasteiger partial charge in [-0.15, -0.1) is 0 Å². The van der Waals surface area contributed by atoms with Crippen molar-refractivity contribution in [3.63, 3.8) is 0 Å². The molecule has 1 unspecified atom stereocenters. The molecule has 0 bridgehead atoms. The van der Waals surface area contributed by atoms with Gasteiger partial charge in [0.1, 0.15) is 17.9 Å². The van der Waals surface area contributed by atoms with E-state index in [-0.39, 0.29) is 5.56 Å². The second-order valence-corrected chi connectivity index (χ2v) is 6.53. The van der Waals surface area contributed by atoms with Crippen LogP contribution in [0.3, 0.4) is 0 Å². The number of benzene rings is 2. The van der Waals surface area contributed by atoms with Crippen LogP contribution in [-0.2, 0) is 0 Å². The van der Waals surface area contributed by atoms with E-state index in [9.17, 15) is 9.90 Å². The van der Waals surface area contributed by atoms with Crippen LogP contribution < -0.4 is 10.1 Å². The van der Waals surface area contributed by atoms with E-state index in [1.165, 1.54) is 6.33 Å². The average molecular weight is 366 g/mol. The maximum atomic E-state index is 11.3. The quantitative estimate of drug-likeness (QED) is 0.662. The zero-order valence-electron chi connectivity index (χ0n) is 15.5. The number of carbonyl (C=O) groups is 1. The lowest BCUT2D eigenvalue weighted by molar-refractivity contribution is 0.0699. The van der Waals surface area contributed by atoms with E-state index < -0.39 is 5.97 Å². The van der Waals surface area contributed by atoms with Gasteiger partial charge in [-0.25, -0.2) is 14.8 Å². The first-order chi connectivity index (χ1) is 12.9. The van der Waals surface area contributed by atoms with Crippen LogP contribution >= 0.6 is 0 Å². The van der Waals surface area contributed by atoms with Crippen LogP contribution in [0, 0.1) is 0 Å². The minimum absolute atomic E-state index is 0.266. The maximum absolute atomic E-state index is 11.3. The summed E-state index contributed by atoms with van der Waals surface area (Å²) in [4.78, 5) is 21.8. The molecule has 0 amide bonds. The van der Waals surface area contributed by atoms with Gasteiger partial charge in [0.2, 0.25) is 5.88 Å². The molecule has 2 N–H and O–H groups in total. The number of aromatic nitrogens is 2. The van der Waals surface area contributed by atoms with E-state index >= 15 is 0 Å². The van der Waals surface area contributed by atoms with E-state index in [0.717, 1.165) is 11.9 Å². The SMILES string of the molecule is CC(CNc1cc(Oc2ccc3c(C(=O)O)cccc3c2)ncn1)N(C)C. The third-order valence-electron chi connectivity index (χ3n) is 4.41. The van der Waals surface area contributed by atoms with Gasteiger partial charge in [0.05, 0.1) is 5.56 Å². The van der Waals surface area contributed by atoms with Crippen LogP contribution in [-0.4, -0.2) is 52.6 Å². The number of aromatic carboxylic acids is 1. The van der Waals surface area contributed by atoms with Crippen LogP contribution in [0.1, 0.15) is 17.3 Å². The molecule has 0 saturated heterocycles. The lowest BCUT2D eigenvalue weighted by atomic mass is 10.0. The van der Waals surface area contributed by atoms with E-state index in [0.29, 0.717) is 28.9 Å². The number of nitrogens with one attached hydrogen (secondary N) is 1. The molecule has 0 radical (unpaired) electrons. The molecular weight excluding hydrogens is 344 g/mol. The van der Waals surface area contributed by atoms with Crippen molar-refractivity contribution >= 4 is 22.6 Å². The maximum Gasteiger partial charge on any atom is 0.336 e. The smallest absolute Gasteiger partial charge is 0.336 e. The highest BCUT2D eigenvalue weighted by molar-refractivity contribution is 6.03. The van der Waals surface area contributed by atoms with Crippen molar-refractivity contribution in [1.82, 2.24) is 14.9 Å². The fourth-order valence-corrected chi connectivity index (χ4v) is 2.56. The molecule has 3 rings (SSSR count). The summed E-state index contributed by atoms with van der Waals surface area (Å²) in [5.41, 5.74) is 0.266. The van der Waals surface area contributed by atoms with E-state index in [1.807, 2.05) is 20.2 Å².